The Morgan fingerprint density at radius 1 is 0.974 bits per heavy atom. The molecule has 7 heteroatoms. The van der Waals surface area contributed by atoms with Crippen LogP contribution < -0.4 is 10.1 Å². The fourth-order valence-corrected chi connectivity index (χ4v) is 6.31. The van der Waals surface area contributed by atoms with E-state index in [1.54, 1.807) is 0 Å². The molecule has 2 atom stereocenters. The van der Waals surface area contributed by atoms with Crippen molar-refractivity contribution in [2.24, 2.45) is 0 Å². The number of fused-ring (bicyclic) bond motifs is 3. The zero-order valence-electron chi connectivity index (χ0n) is 22.3. The van der Waals surface area contributed by atoms with Gasteiger partial charge in [0.2, 0.25) is 11.8 Å². The number of aliphatic hydroxyl groups excluding tert-OH is 1. The van der Waals surface area contributed by atoms with Crippen LogP contribution in [0.25, 0.3) is 0 Å². The van der Waals surface area contributed by atoms with E-state index in [0.29, 0.717) is 58.5 Å². The van der Waals surface area contributed by atoms with Gasteiger partial charge in [0, 0.05) is 43.7 Å². The number of ether oxygens (including phenoxy) is 1. The number of benzene rings is 2. The first-order chi connectivity index (χ1) is 18.5. The van der Waals surface area contributed by atoms with E-state index in [1.165, 1.54) is 0 Å². The Hall–Kier alpha value is -2.90. The molecule has 2 saturated heterocycles. The highest BCUT2D eigenvalue weighted by Crippen LogP contribution is 2.36. The van der Waals surface area contributed by atoms with Gasteiger partial charge in [0.25, 0.3) is 0 Å². The summed E-state index contributed by atoms with van der Waals surface area (Å²) in [5.41, 5.74) is 3.33. The van der Waals surface area contributed by atoms with E-state index in [0.717, 1.165) is 54.5 Å². The summed E-state index contributed by atoms with van der Waals surface area (Å²) >= 11 is 0. The molecule has 7 nitrogen and oxygen atoms in total. The summed E-state index contributed by atoms with van der Waals surface area (Å²) < 4.78 is 6.22. The summed E-state index contributed by atoms with van der Waals surface area (Å²) in [7, 11) is 0. The number of nitrogens with zero attached hydrogens (tertiary/aromatic N) is 2. The second-order valence-electron chi connectivity index (χ2n) is 11.1. The van der Waals surface area contributed by atoms with Crippen molar-refractivity contribution in [2.75, 3.05) is 19.7 Å². The van der Waals surface area contributed by atoms with Gasteiger partial charge >= 0.3 is 0 Å². The first kappa shape index (κ1) is 26.7. The third-order valence-corrected chi connectivity index (χ3v) is 8.16. The van der Waals surface area contributed by atoms with E-state index in [4.69, 9.17) is 4.74 Å². The van der Waals surface area contributed by atoms with Gasteiger partial charge in [-0.1, -0.05) is 42.5 Å². The zero-order valence-corrected chi connectivity index (χ0v) is 22.3. The summed E-state index contributed by atoms with van der Waals surface area (Å²) in [6.07, 6.45) is 7.23. The first-order valence-electron chi connectivity index (χ1n) is 14.3. The minimum Gasteiger partial charge on any atom is -0.493 e. The zero-order chi connectivity index (χ0) is 26.3. The van der Waals surface area contributed by atoms with Crippen molar-refractivity contribution >= 4 is 11.8 Å². The number of hydrogen-bond acceptors (Lipinski definition) is 5. The van der Waals surface area contributed by atoms with Crippen LogP contribution in [-0.4, -0.2) is 64.6 Å². The maximum Gasteiger partial charge on any atom is 0.234 e. The number of piperidine rings is 1. The van der Waals surface area contributed by atoms with E-state index in [9.17, 15) is 14.7 Å². The predicted octanol–water partition coefficient (Wildman–Crippen LogP) is 3.81. The highest BCUT2D eigenvalue weighted by Gasteiger charge is 2.42. The van der Waals surface area contributed by atoms with Crippen molar-refractivity contribution < 1.29 is 19.4 Å². The highest BCUT2D eigenvalue weighted by molar-refractivity contribution is 5.78. The molecule has 38 heavy (non-hydrogen) atoms. The number of hydrogen-bond donors (Lipinski definition) is 2. The van der Waals surface area contributed by atoms with Crippen LogP contribution >= 0.6 is 0 Å². The molecule has 3 heterocycles. The Kier molecular flexibility index (Phi) is 8.97. The fourth-order valence-electron chi connectivity index (χ4n) is 6.31. The second-order valence-corrected chi connectivity index (χ2v) is 11.1. The van der Waals surface area contributed by atoms with E-state index in [2.05, 4.69) is 39.4 Å². The van der Waals surface area contributed by atoms with Crippen molar-refractivity contribution in [3.63, 3.8) is 0 Å². The summed E-state index contributed by atoms with van der Waals surface area (Å²) in [4.78, 5) is 30.1. The molecule has 2 aromatic rings. The van der Waals surface area contributed by atoms with Crippen molar-refractivity contribution in [1.82, 2.24) is 15.1 Å². The minimum atomic E-state index is -0.266. The maximum atomic E-state index is 13.2. The van der Waals surface area contributed by atoms with Gasteiger partial charge < -0.3 is 20.1 Å². The van der Waals surface area contributed by atoms with Gasteiger partial charge in [-0.05, 0) is 68.6 Å². The molecule has 0 aromatic heterocycles. The lowest BCUT2D eigenvalue weighted by Gasteiger charge is -2.37. The van der Waals surface area contributed by atoms with Crippen molar-refractivity contribution in [2.45, 2.75) is 89.1 Å². The lowest BCUT2D eigenvalue weighted by atomic mass is 9.98. The smallest absolute Gasteiger partial charge is 0.234 e. The molecule has 3 aliphatic rings. The molecule has 0 spiro atoms. The molecule has 2 unspecified atom stereocenters. The number of nitrogens with one attached hydrogen (secondary N) is 1. The molecular weight excluding hydrogens is 478 g/mol. The van der Waals surface area contributed by atoms with E-state index in [-0.39, 0.29) is 30.0 Å². The highest BCUT2D eigenvalue weighted by atomic mass is 16.5. The Morgan fingerprint density at radius 2 is 1.76 bits per heavy atom. The summed E-state index contributed by atoms with van der Waals surface area (Å²) in [5.74, 6) is 1.11. The summed E-state index contributed by atoms with van der Waals surface area (Å²) in [6, 6.07) is 16.9. The lowest BCUT2D eigenvalue weighted by molar-refractivity contribution is -0.137. The number of aryl methyl sites for hydroxylation is 1. The second kappa shape index (κ2) is 12.8. The topological polar surface area (TPSA) is 82.1 Å². The van der Waals surface area contributed by atoms with Crippen LogP contribution in [-0.2, 0) is 29.1 Å². The summed E-state index contributed by atoms with van der Waals surface area (Å²) in [6.45, 7) is 2.93. The Balaban J connectivity index is 1.31. The van der Waals surface area contributed by atoms with Crippen molar-refractivity contribution in [1.29, 1.82) is 0 Å². The van der Waals surface area contributed by atoms with Crippen LogP contribution in [0.15, 0.2) is 48.5 Å². The molecule has 2 fully saturated rings. The number of carbonyl (C=O) groups is 2. The Morgan fingerprint density at radius 3 is 2.55 bits per heavy atom. The molecule has 2 N–H and O–H groups in total. The van der Waals surface area contributed by atoms with Crippen LogP contribution in [0.4, 0.5) is 0 Å². The normalized spacial score (nSPS) is 24.8. The van der Waals surface area contributed by atoms with Gasteiger partial charge in [-0.2, -0.15) is 0 Å². The maximum absolute atomic E-state index is 13.2. The fraction of sp³-hybridized carbons (Fsp3) is 0.548. The Bertz CT molecular complexity index is 1080. The SMILES string of the molecule is O=C1CN(Cc2ccccc2)Cc2cc(CCC(=O)N3C4CCC3CC(O)C4)ccc2OCCCCCN1. The number of rotatable bonds is 5. The number of aliphatic hydroxyl groups is 1. The number of amides is 2. The van der Waals surface area contributed by atoms with Gasteiger partial charge in [-0.3, -0.25) is 14.5 Å². The van der Waals surface area contributed by atoms with Crippen LogP contribution in [0, 0.1) is 0 Å². The molecule has 0 aliphatic carbocycles. The molecule has 3 aliphatic heterocycles. The first-order valence-corrected chi connectivity index (χ1v) is 14.3. The summed E-state index contributed by atoms with van der Waals surface area (Å²) in [5, 5.41) is 13.2. The van der Waals surface area contributed by atoms with Gasteiger partial charge in [-0.15, -0.1) is 0 Å². The molecule has 2 bridgehead atoms. The van der Waals surface area contributed by atoms with Gasteiger partial charge in [0.05, 0.1) is 19.3 Å². The average Bonchev–Trinajstić information content (AvgIpc) is 3.19. The van der Waals surface area contributed by atoms with Crippen LogP contribution in [0.3, 0.4) is 0 Å². The standard InChI is InChI=1S/C31H41N3O4/c35-28-18-26-11-12-27(19-28)34(26)31(37)14-10-23-9-13-29-25(17-23)21-33(20-24-7-3-1-4-8-24)22-30(36)32-15-5-2-6-16-38-29/h1,3-4,7-9,13,17,26-28,35H,2,5-6,10-12,14-16,18-22H2,(H,32,36). The molecule has 204 valence electrons. The monoisotopic (exact) mass is 519 g/mol. The van der Waals surface area contributed by atoms with E-state index >= 15 is 0 Å². The predicted molar refractivity (Wildman–Crippen MR) is 147 cm³/mol. The quantitative estimate of drug-likeness (QED) is 0.628. The molecule has 5 rings (SSSR count). The third-order valence-electron chi connectivity index (χ3n) is 8.16. The van der Waals surface area contributed by atoms with Crippen LogP contribution in [0.1, 0.15) is 68.1 Å². The van der Waals surface area contributed by atoms with Crippen LogP contribution in [0.2, 0.25) is 0 Å². The van der Waals surface area contributed by atoms with Gasteiger partial charge in [0.15, 0.2) is 0 Å². The molecule has 0 radical (unpaired) electrons. The van der Waals surface area contributed by atoms with E-state index in [1.807, 2.05) is 24.3 Å². The average molecular weight is 520 g/mol. The molecular formula is C31H41N3O4. The van der Waals surface area contributed by atoms with Crippen LogP contribution in [0.5, 0.6) is 5.75 Å². The lowest BCUT2D eigenvalue weighted by Crippen LogP contribution is -2.48. The molecule has 2 amide bonds. The number of carbonyl (C=O) groups excluding carboxylic acids is 2. The van der Waals surface area contributed by atoms with E-state index < -0.39 is 0 Å². The largest absolute Gasteiger partial charge is 0.493 e. The Labute approximate surface area is 226 Å². The minimum absolute atomic E-state index is 0.0469. The third kappa shape index (κ3) is 6.94. The molecule has 2 aromatic carbocycles. The van der Waals surface area contributed by atoms with Crippen molar-refractivity contribution in [3.8, 4) is 5.75 Å². The molecule has 0 saturated carbocycles. The van der Waals surface area contributed by atoms with Gasteiger partial charge in [-0.25, -0.2) is 0 Å². The van der Waals surface area contributed by atoms with Gasteiger partial charge in [0.1, 0.15) is 5.75 Å². The van der Waals surface area contributed by atoms with Crippen molar-refractivity contribution in [3.05, 3.63) is 65.2 Å².